The van der Waals surface area contributed by atoms with E-state index in [0.29, 0.717) is 6.54 Å². The van der Waals surface area contributed by atoms with Crippen LogP contribution in [0, 0.1) is 13.8 Å². The summed E-state index contributed by atoms with van der Waals surface area (Å²) in [5, 5.41) is 8.52. The van der Waals surface area contributed by atoms with E-state index in [1.807, 2.05) is 10.7 Å². The van der Waals surface area contributed by atoms with Gasteiger partial charge in [-0.05, 0) is 51.5 Å². The highest BCUT2D eigenvalue weighted by Crippen LogP contribution is 2.21. The summed E-state index contributed by atoms with van der Waals surface area (Å²) in [6.45, 7) is 9.05. The molecule has 5 heteroatoms. The molecule has 1 aromatic heterocycles. The molecule has 0 amide bonds. The van der Waals surface area contributed by atoms with Crippen molar-refractivity contribution in [3.05, 3.63) is 58.7 Å². The van der Waals surface area contributed by atoms with Crippen LogP contribution in [0.4, 0.5) is 0 Å². The highest BCUT2D eigenvalue weighted by molar-refractivity contribution is 6.18. The number of hydrogen-bond donors (Lipinski definition) is 0. The lowest BCUT2D eigenvalue weighted by Crippen LogP contribution is -2.04. The molecule has 0 saturated carbocycles. The molecule has 0 radical (unpaired) electrons. The minimum absolute atomic E-state index is 0.286. The maximum Gasteiger partial charge on any atom is 0.155 e. The molecule has 3 aromatic rings. The molecule has 0 unspecified atom stereocenters. The van der Waals surface area contributed by atoms with Gasteiger partial charge >= 0.3 is 0 Å². The Bertz CT molecular complexity index is 1020. The molecule has 126 valence electrons. The Hall–Kier alpha value is -2.82. The molecule has 25 heavy (non-hydrogen) atoms. The van der Waals surface area contributed by atoms with Gasteiger partial charge in [-0.3, -0.25) is 4.99 Å². The van der Waals surface area contributed by atoms with Crippen LogP contribution < -0.4 is 0 Å². The van der Waals surface area contributed by atoms with Crippen molar-refractivity contribution in [2.24, 2.45) is 9.98 Å². The lowest BCUT2D eigenvalue weighted by Gasteiger charge is -2.06. The molecule has 0 N–H and O–H groups in total. The van der Waals surface area contributed by atoms with Gasteiger partial charge in [0.15, 0.2) is 5.84 Å². The van der Waals surface area contributed by atoms with Crippen LogP contribution in [-0.2, 0) is 0 Å². The summed E-state index contributed by atoms with van der Waals surface area (Å²) in [6, 6.07) is 12.9. The van der Waals surface area contributed by atoms with Crippen molar-refractivity contribution < 1.29 is 0 Å². The SMILES string of the molecule is Cc1ccc(C2=NC(c3ccc4c(c3)nnn4C(C)C)=NC2)c(C)c1. The largest absolute Gasteiger partial charge is 0.260 e. The zero-order valence-corrected chi connectivity index (χ0v) is 15.0. The van der Waals surface area contributed by atoms with E-state index in [-0.39, 0.29) is 6.04 Å². The molecular weight excluding hydrogens is 310 g/mol. The van der Waals surface area contributed by atoms with Gasteiger partial charge in [0, 0.05) is 17.2 Å². The van der Waals surface area contributed by atoms with Crippen molar-refractivity contribution >= 4 is 22.6 Å². The van der Waals surface area contributed by atoms with Gasteiger partial charge in [-0.25, -0.2) is 9.67 Å². The fourth-order valence-electron chi connectivity index (χ4n) is 3.25. The zero-order valence-electron chi connectivity index (χ0n) is 15.0. The standard InChI is InChI=1S/C20H21N5/c1-12(2)25-19-8-6-15(10-17(19)23-24-25)20-21-11-18(22-20)16-7-5-13(3)9-14(16)4/h5-10,12H,11H2,1-4H3. The summed E-state index contributed by atoms with van der Waals surface area (Å²) in [6.07, 6.45) is 0. The number of rotatable bonds is 3. The zero-order chi connectivity index (χ0) is 17.6. The highest BCUT2D eigenvalue weighted by atomic mass is 15.4. The van der Waals surface area contributed by atoms with Crippen LogP contribution in [0.15, 0.2) is 46.4 Å². The summed E-state index contributed by atoms with van der Waals surface area (Å²) >= 11 is 0. The van der Waals surface area contributed by atoms with Gasteiger partial charge in [-0.15, -0.1) is 5.10 Å². The summed E-state index contributed by atoms with van der Waals surface area (Å²) in [5.41, 5.74) is 7.61. The van der Waals surface area contributed by atoms with Crippen molar-refractivity contribution in [3.8, 4) is 0 Å². The van der Waals surface area contributed by atoms with Crippen LogP contribution >= 0.6 is 0 Å². The monoisotopic (exact) mass is 331 g/mol. The number of benzene rings is 2. The molecule has 0 atom stereocenters. The predicted octanol–water partition coefficient (Wildman–Crippen LogP) is 3.88. The molecule has 0 saturated heterocycles. The quantitative estimate of drug-likeness (QED) is 0.731. The molecule has 2 aromatic carbocycles. The third-order valence-electron chi connectivity index (χ3n) is 4.53. The first-order chi connectivity index (χ1) is 12.0. The third kappa shape index (κ3) is 2.76. The van der Waals surface area contributed by atoms with E-state index in [1.54, 1.807) is 0 Å². The van der Waals surface area contributed by atoms with E-state index < -0.39 is 0 Å². The van der Waals surface area contributed by atoms with Crippen molar-refractivity contribution in [2.75, 3.05) is 6.54 Å². The molecule has 0 aliphatic carbocycles. The maximum absolute atomic E-state index is 4.78. The third-order valence-corrected chi connectivity index (χ3v) is 4.53. The summed E-state index contributed by atoms with van der Waals surface area (Å²) in [7, 11) is 0. The van der Waals surface area contributed by atoms with E-state index in [2.05, 4.69) is 73.3 Å². The molecular formula is C20H21N5. The Balaban J connectivity index is 1.69. The number of aromatic nitrogens is 3. The first kappa shape index (κ1) is 15.7. The first-order valence-corrected chi connectivity index (χ1v) is 8.58. The molecule has 1 aliphatic heterocycles. The van der Waals surface area contributed by atoms with Crippen LogP contribution in [0.1, 0.15) is 42.1 Å². The molecule has 0 fully saturated rings. The number of aryl methyl sites for hydroxylation is 2. The lowest BCUT2D eigenvalue weighted by molar-refractivity contribution is 0.530. The molecule has 0 spiro atoms. The number of aliphatic imine (C=N–C) groups is 2. The minimum atomic E-state index is 0.286. The minimum Gasteiger partial charge on any atom is -0.260 e. The Labute approximate surface area is 147 Å². The molecule has 0 bridgehead atoms. The normalized spacial score (nSPS) is 14.3. The Morgan fingerprint density at radius 3 is 2.64 bits per heavy atom. The fourth-order valence-corrected chi connectivity index (χ4v) is 3.25. The number of fused-ring (bicyclic) bond motifs is 1. The second kappa shape index (κ2) is 5.92. The van der Waals surface area contributed by atoms with E-state index in [1.165, 1.54) is 16.7 Å². The van der Waals surface area contributed by atoms with Crippen LogP contribution in [0.2, 0.25) is 0 Å². The molecule has 5 nitrogen and oxygen atoms in total. The molecule has 4 rings (SSSR count). The van der Waals surface area contributed by atoms with Crippen LogP contribution in [0.3, 0.4) is 0 Å². The van der Waals surface area contributed by atoms with Gasteiger partial charge < -0.3 is 0 Å². The van der Waals surface area contributed by atoms with Crippen LogP contribution in [0.5, 0.6) is 0 Å². The van der Waals surface area contributed by atoms with Gasteiger partial charge in [0.05, 0.1) is 17.8 Å². The number of nitrogens with zero attached hydrogens (tertiary/aromatic N) is 5. The van der Waals surface area contributed by atoms with Crippen LogP contribution in [0.25, 0.3) is 11.0 Å². The van der Waals surface area contributed by atoms with Crippen molar-refractivity contribution in [1.29, 1.82) is 0 Å². The fraction of sp³-hybridized carbons (Fsp3) is 0.300. The Morgan fingerprint density at radius 2 is 1.88 bits per heavy atom. The van der Waals surface area contributed by atoms with Gasteiger partial charge in [0.25, 0.3) is 0 Å². The van der Waals surface area contributed by atoms with Gasteiger partial charge in [-0.2, -0.15) is 0 Å². The summed E-state index contributed by atoms with van der Waals surface area (Å²) < 4.78 is 1.93. The van der Waals surface area contributed by atoms with E-state index in [9.17, 15) is 0 Å². The Kier molecular flexibility index (Phi) is 3.71. The van der Waals surface area contributed by atoms with E-state index in [0.717, 1.165) is 28.1 Å². The molecule has 2 heterocycles. The van der Waals surface area contributed by atoms with Gasteiger partial charge in [0.1, 0.15) is 5.52 Å². The van der Waals surface area contributed by atoms with E-state index >= 15 is 0 Å². The van der Waals surface area contributed by atoms with Crippen LogP contribution in [-0.4, -0.2) is 33.1 Å². The van der Waals surface area contributed by atoms with Crippen molar-refractivity contribution in [3.63, 3.8) is 0 Å². The summed E-state index contributed by atoms with van der Waals surface area (Å²) in [4.78, 5) is 9.41. The lowest BCUT2D eigenvalue weighted by atomic mass is 10.0. The second-order valence-corrected chi connectivity index (χ2v) is 6.85. The average molecular weight is 331 g/mol. The van der Waals surface area contributed by atoms with Gasteiger partial charge in [0.2, 0.25) is 0 Å². The highest BCUT2D eigenvalue weighted by Gasteiger charge is 2.17. The van der Waals surface area contributed by atoms with Crippen molar-refractivity contribution in [2.45, 2.75) is 33.7 Å². The first-order valence-electron chi connectivity index (χ1n) is 8.58. The van der Waals surface area contributed by atoms with E-state index in [4.69, 9.17) is 4.99 Å². The maximum atomic E-state index is 4.78. The topological polar surface area (TPSA) is 55.4 Å². The number of amidine groups is 1. The average Bonchev–Trinajstić information content (AvgIpc) is 3.21. The van der Waals surface area contributed by atoms with Crippen molar-refractivity contribution in [1.82, 2.24) is 15.0 Å². The number of hydrogen-bond acceptors (Lipinski definition) is 4. The summed E-state index contributed by atoms with van der Waals surface area (Å²) in [5.74, 6) is 0.774. The predicted molar refractivity (Wildman–Crippen MR) is 102 cm³/mol. The smallest absolute Gasteiger partial charge is 0.155 e. The van der Waals surface area contributed by atoms with Gasteiger partial charge in [-0.1, -0.05) is 29.0 Å². The molecule has 1 aliphatic rings. The second-order valence-electron chi connectivity index (χ2n) is 6.85. The Morgan fingerprint density at radius 1 is 1.04 bits per heavy atom.